The highest BCUT2D eigenvalue weighted by Crippen LogP contribution is 2.35. The predicted molar refractivity (Wildman–Crippen MR) is 55.7 cm³/mol. The van der Waals surface area contributed by atoms with Crippen molar-refractivity contribution in [3.05, 3.63) is 28.0 Å². The van der Waals surface area contributed by atoms with Gasteiger partial charge < -0.3 is 4.90 Å². The van der Waals surface area contributed by atoms with Crippen molar-refractivity contribution in [3.8, 4) is 0 Å². The van der Waals surface area contributed by atoms with E-state index in [9.17, 15) is 4.39 Å². The van der Waals surface area contributed by atoms with Gasteiger partial charge >= 0.3 is 0 Å². The number of hydrogen-bond acceptors (Lipinski definition) is 1. The van der Waals surface area contributed by atoms with Crippen molar-refractivity contribution in [3.63, 3.8) is 0 Å². The van der Waals surface area contributed by atoms with E-state index in [1.54, 1.807) is 6.07 Å². The van der Waals surface area contributed by atoms with Crippen LogP contribution in [0.1, 0.15) is 12.5 Å². The minimum absolute atomic E-state index is 0.0995. The molecule has 0 bridgehead atoms. The predicted octanol–water partition coefficient (Wildman–Crippen LogP) is 2.97. The van der Waals surface area contributed by atoms with Gasteiger partial charge in [-0.15, -0.1) is 0 Å². The molecule has 0 fully saturated rings. The number of fused-ring (bicyclic) bond motifs is 1. The van der Waals surface area contributed by atoms with Crippen molar-refractivity contribution in [2.24, 2.45) is 0 Å². The summed E-state index contributed by atoms with van der Waals surface area (Å²) in [6.45, 7) is 3.86. The quantitative estimate of drug-likeness (QED) is 0.734. The van der Waals surface area contributed by atoms with E-state index in [1.807, 2.05) is 0 Å². The number of benzene rings is 1. The highest BCUT2D eigenvalue weighted by molar-refractivity contribution is 9.10. The molecule has 1 nitrogen and oxygen atoms in total. The van der Waals surface area contributed by atoms with E-state index in [1.165, 1.54) is 6.07 Å². The van der Waals surface area contributed by atoms with Crippen LogP contribution in [0.15, 0.2) is 16.6 Å². The minimum Gasteiger partial charge on any atom is -0.369 e. The summed E-state index contributed by atoms with van der Waals surface area (Å²) in [7, 11) is 0. The topological polar surface area (TPSA) is 3.24 Å². The number of likely N-dealkylation sites (N-methyl/N-ethyl adjacent to an activating group) is 1. The Morgan fingerprint density at radius 2 is 2.31 bits per heavy atom. The summed E-state index contributed by atoms with van der Waals surface area (Å²) < 4.78 is 14.5. The van der Waals surface area contributed by atoms with E-state index in [0.29, 0.717) is 0 Å². The Hall–Kier alpha value is -0.570. The third kappa shape index (κ3) is 1.35. The van der Waals surface area contributed by atoms with Gasteiger partial charge in [0.25, 0.3) is 0 Å². The van der Waals surface area contributed by atoms with Crippen LogP contribution in [0.25, 0.3) is 0 Å². The van der Waals surface area contributed by atoms with Crippen LogP contribution in [-0.2, 0) is 6.42 Å². The maximum absolute atomic E-state index is 13.4. The second-order valence-corrected chi connectivity index (χ2v) is 4.04. The monoisotopic (exact) mass is 243 g/mol. The van der Waals surface area contributed by atoms with Crippen LogP contribution >= 0.6 is 15.9 Å². The standard InChI is InChI=1S/C10H11BrFN/c1-2-13-6-5-7-8(11)3-4-9(12)10(7)13/h3-4H,2,5-6H2,1H3. The van der Waals surface area contributed by atoms with Crippen LogP contribution in [0.2, 0.25) is 0 Å². The van der Waals surface area contributed by atoms with Crippen molar-refractivity contribution in [2.75, 3.05) is 18.0 Å². The van der Waals surface area contributed by atoms with Crippen molar-refractivity contribution in [2.45, 2.75) is 13.3 Å². The molecule has 2 rings (SSSR count). The summed E-state index contributed by atoms with van der Waals surface area (Å²) in [5.74, 6) is -0.0995. The lowest BCUT2D eigenvalue weighted by molar-refractivity contribution is 0.623. The third-order valence-corrected chi connectivity index (χ3v) is 3.25. The summed E-state index contributed by atoms with van der Waals surface area (Å²) in [5, 5.41) is 0. The van der Waals surface area contributed by atoms with E-state index >= 15 is 0 Å². The fourth-order valence-electron chi connectivity index (χ4n) is 1.84. The SMILES string of the molecule is CCN1CCc2c(Br)ccc(F)c21. The van der Waals surface area contributed by atoms with Gasteiger partial charge in [0.1, 0.15) is 5.82 Å². The second-order valence-electron chi connectivity index (χ2n) is 3.19. The third-order valence-electron chi connectivity index (χ3n) is 2.51. The Kier molecular flexibility index (Phi) is 2.28. The molecule has 0 atom stereocenters. The van der Waals surface area contributed by atoms with Crippen LogP contribution in [0.4, 0.5) is 10.1 Å². The molecule has 1 heterocycles. The van der Waals surface area contributed by atoms with Gasteiger partial charge in [0.05, 0.1) is 5.69 Å². The van der Waals surface area contributed by atoms with E-state index in [0.717, 1.165) is 35.2 Å². The summed E-state index contributed by atoms with van der Waals surface area (Å²) >= 11 is 3.44. The molecule has 0 radical (unpaired) electrons. The maximum atomic E-state index is 13.4. The number of nitrogens with zero attached hydrogens (tertiary/aromatic N) is 1. The van der Waals surface area contributed by atoms with Gasteiger partial charge in [0.2, 0.25) is 0 Å². The van der Waals surface area contributed by atoms with Gasteiger partial charge in [-0.3, -0.25) is 0 Å². The lowest BCUT2D eigenvalue weighted by Gasteiger charge is -2.17. The molecule has 0 amide bonds. The van der Waals surface area contributed by atoms with E-state index in [2.05, 4.69) is 27.8 Å². The average molecular weight is 244 g/mol. The minimum atomic E-state index is -0.0995. The lowest BCUT2D eigenvalue weighted by Crippen LogP contribution is -2.20. The molecule has 0 aromatic heterocycles. The second kappa shape index (κ2) is 3.29. The van der Waals surface area contributed by atoms with Gasteiger partial charge in [-0.05, 0) is 31.0 Å². The first-order valence-electron chi connectivity index (χ1n) is 4.46. The summed E-state index contributed by atoms with van der Waals surface area (Å²) in [5.41, 5.74) is 1.90. The molecule has 0 aliphatic carbocycles. The zero-order valence-corrected chi connectivity index (χ0v) is 9.07. The van der Waals surface area contributed by atoms with Gasteiger partial charge in [0.15, 0.2) is 0 Å². The molecule has 1 aliphatic heterocycles. The van der Waals surface area contributed by atoms with E-state index in [4.69, 9.17) is 0 Å². The maximum Gasteiger partial charge on any atom is 0.146 e. The number of hydrogen-bond donors (Lipinski definition) is 0. The average Bonchev–Trinajstić information content (AvgIpc) is 2.56. The van der Waals surface area contributed by atoms with E-state index in [-0.39, 0.29) is 5.82 Å². The highest BCUT2D eigenvalue weighted by atomic mass is 79.9. The molecule has 0 spiro atoms. The molecule has 1 aliphatic rings. The lowest BCUT2D eigenvalue weighted by atomic mass is 10.1. The largest absolute Gasteiger partial charge is 0.369 e. The Morgan fingerprint density at radius 1 is 1.54 bits per heavy atom. The number of anilines is 1. The first kappa shape index (κ1) is 9.00. The Balaban J connectivity index is 2.55. The molecule has 13 heavy (non-hydrogen) atoms. The molecule has 1 aromatic carbocycles. The molecule has 0 N–H and O–H groups in total. The molecule has 0 saturated carbocycles. The number of halogens is 2. The van der Waals surface area contributed by atoms with Crippen molar-refractivity contribution in [1.82, 2.24) is 0 Å². The van der Waals surface area contributed by atoms with Gasteiger partial charge in [-0.2, -0.15) is 0 Å². The Morgan fingerprint density at radius 3 is 3.00 bits per heavy atom. The fourth-order valence-corrected chi connectivity index (χ4v) is 2.36. The summed E-state index contributed by atoms with van der Waals surface area (Å²) in [6.07, 6.45) is 0.946. The zero-order valence-electron chi connectivity index (χ0n) is 7.48. The molecule has 0 saturated heterocycles. The van der Waals surface area contributed by atoms with Crippen LogP contribution in [0.3, 0.4) is 0 Å². The van der Waals surface area contributed by atoms with Gasteiger partial charge in [-0.1, -0.05) is 15.9 Å². The smallest absolute Gasteiger partial charge is 0.146 e. The van der Waals surface area contributed by atoms with Gasteiger partial charge in [-0.25, -0.2) is 4.39 Å². The Bertz CT molecular complexity index is 338. The van der Waals surface area contributed by atoms with Crippen LogP contribution in [-0.4, -0.2) is 13.1 Å². The zero-order chi connectivity index (χ0) is 9.42. The molecule has 0 unspecified atom stereocenters. The summed E-state index contributed by atoms with van der Waals surface area (Å²) in [6, 6.07) is 3.31. The number of rotatable bonds is 1. The van der Waals surface area contributed by atoms with Crippen molar-refractivity contribution >= 4 is 21.6 Å². The van der Waals surface area contributed by atoms with Gasteiger partial charge in [0, 0.05) is 17.6 Å². The first-order chi connectivity index (χ1) is 6.24. The molecule has 3 heteroatoms. The normalized spacial score (nSPS) is 14.8. The molecule has 70 valence electrons. The van der Waals surface area contributed by atoms with Crippen molar-refractivity contribution < 1.29 is 4.39 Å². The molecular formula is C10H11BrFN. The fraction of sp³-hybridized carbons (Fsp3) is 0.400. The molecule has 1 aromatic rings. The Labute approximate surface area is 85.7 Å². The van der Waals surface area contributed by atoms with Crippen LogP contribution in [0, 0.1) is 5.82 Å². The van der Waals surface area contributed by atoms with E-state index < -0.39 is 0 Å². The van der Waals surface area contributed by atoms with Crippen molar-refractivity contribution in [1.29, 1.82) is 0 Å². The summed E-state index contributed by atoms with van der Waals surface area (Å²) in [4.78, 5) is 2.08. The first-order valence-corrected chi connectivity index (χ1v) is 5.25. The van der Waals surface area contributed by atoms with Crippen LogP contribution < -0.4 is 4.90 Å². The highest BCUT2D eigenvalue weighted by Gasteiger charge is 2.23. The molecular weight excluding hydrogens is 233 g/mol. The van der Waals surface area contributed by atoms with Crippen LogP contribution in [0.5, 0.6) is 0 Å².